The average Bonchev–Trinajstić information content (AvgIpc) is 2.04. The van der Waals surface area contributed by atoms with Gasteiger partial charge in [-0.1, -0.05) is 24.8 Å². The summed E-state index contributed by atoms with van der Waals surface area (Å²) in [5.41, 5.74) is 1.13. The van der Waals surface area contributed by atoms with Crippen LogP contribution in [0.15, 0.2) is 30.8 Å². The van der Waals surface area contributed by atoms with Gasteiger partial charge in [0.1, 0.15) is 5.82 Å². The van der Waals surface area contributed by atoms with Crippen molar-refractivity contribution in [2.24, 2.45) is 0 Å². The van der Waals surface area contributed by atoms with Crippen LogP contribution in [0.25, 0.3) is 0 Å². The molecule has 1 aromatic carbocycles. The molecule has 0 saturated heterocycles. The van der Waals surface area contributed by atoms with Gasteiger partial charge in [0.2, 0.25) is 0 Å². The third-order valence-corrected chi connectivity index (χ3v) is 1.50. The van der Waals surface area contributed by atoms with Crippen molar-refractivity contribution >= 4 is 0 Å². The van der Waals surface area contributed by atoms with Crippen LogP contribution in [0.5, 0.6) is 0 Å². The quantitative estimate of drug-likeness (QED) is 0.619. The second-order valence-corrected chi connectivity index (χ2v) is 2.38. The first-order valence-corrected chi connectivity index (χ1v) is 3.57. The minimum absolute atomic E-state index is 0.184. The summed E-state index contributed by atoms with van der Waals surface area (Å²) in [5, 5.41) is 0. The first-order valence-electron chi connectivity index (χ1n) is 3.57. The lowest BCUT2D eigenvalue weighted by Gasteiger charge is -1.95. The fraction of sp³-hybridized carbons (Fsp3) is 0.200. The van der Waals surface area contributed by atoms with Crippen LogP contribution in [0.2, 0.25) is 0 Å². The SMILES string of the molecule is C=[C]CCc1ccc(F)cc1. The monoisotopic (exact) mass is 149 g/mol. The maximum absolute atomic E-state index is 12.4. The van der Waals surface area contributed by atoms with Crippen molar-refractivity contribution in [1.82, 2.24) is 0 Å². The number of rotatable bonds is 3. The molecular formula is C10H10F. The summed E-state index contributed by atoms with van der Waals surface area (Å²) in [4.78, 5) is 0. The van der Waals surface area contributed by atoms with Crippen molar-refractivity contribution in [3.05, 3.63) is 48.3 Å². The Labute approximate surface area is 66.4 Å². The lowest BCUT2D eigenvalue weighted by molar-refractivity contribution is 0.627. The lowest BCUT2D eigenvalue weighted by atomic mass is 10.1. The maximum atomic E-state index is 12.4. The fourth-order valence-electron chi connectivity index (χ4n) is 0.884. The molecule has 1 rings (SSSR count). The zero-order valence-corrected chi connectivity index (χ0v) is 6.31. The molecular weight excluding hydrogens is 139 g/mol. The van der Waals surface area contributed by atoms with Crippen LogP contribution < -0.4 is 0 Å². The molecule has 0 unspecified atom stereocenters. The summed E-state index contributed by atoms with van der Waals surface area (Å²) in [6.45, 7) is 3.49. The lowest BCUT2D eigenvalue weighted by Crippen LogP contribution is -1.82. The van der Waals surface area contributed by atoms with Crippen LogP contribution in [-0.2, 0) is 6.42 Å². The minimum Gasteiger partial charge on any atom is -0.207 e. The van der Waals surface area contributed by atoms with E-state index < -0.39 is 0 Å². The van der Waals surface area contributed by atoms with Crippen LogP contribution >= 0.6 is 0 Å². The number of allylic oxidation sites excluding steroid dienone is 1. The maximum Gasteiger partial charge on any atom is 0.123 e. The molecule has 1 aromatic rings. The second-order valence-electron chi connectivity index (χ2n) is 2.38. The van der Waals surface area contributed by atoms with Crippen LogP contribution in [0, 0.1) is 11.9 Å². The van der Waals surface area contributed by atoms with E-state index in [1.54, 1.807) is 12.1 Å². The molecule has 0 aliphatic rings. The third-order valence-electron chi connectivity index (χ3n) is 1.50. The summed E-state index contributed by atoms with van der Waals surface area (Å²) < 4.78 is 12.4. The predicted molar refractivity (Wildman–Crippen MR) is 43.6 cm³/mol. The van der Waals surface area contributed by atoms with Gasteiger partial charge in [0.05, 0.1) is 0 Å². The van der Waals surface area contributed by atoms with E-state index in [4.69, 9.17) is 0 Å². The van der Waals surface area contributed by atoms with E-state index in [2.05, 4.69) is 12.7 Å². The zero-order valence-electron chi connectivity index (χ0n) is 6.31. The van der Waals surface area contributed by atoms with E-state index in [-0.39, 0.29) is 5.82 Å². The number of halogens is 1. The molecule has 11 heavy (non-hydrogen) atoms. The van der Waals surface area contributed by atoms with E-state index >= 15 is 0 Å². The first-order chi connectivity index (χ1) is 5.33. The van der Waals surface area contributed by atoms with Gasteiger partial charge in [-0.2, -0.15) is 0 Å². The molecule has 0 spiro atoms. The van der Waals surface area contributed by atoms with E-state index in [1.165, 1.54) is 12.1 Å². The Kier molecular flexibility index (Phi) is 2.84. The molecule has 57 valence electrons. The van der Waals surface area contributed by atoms with Gasteiger partial charge in [0.15, 0.2) is 0 Å². The number of hydrogen-bond donors (Lipinski definition) is 0. The van der Waals surface area contributed by atoms with E-state index in [9.17, 15) is 4.39 Å². The molecule has 0 aliphatic heterocycles. The number of hydrogen-bond acceptors (Lipinski definition) is 0. The Balaban J connectivity index is 2.58. The van der Waals surface area contributed by atoms with Gasteiger partial charge in [0.25, 0.3) is 0 Å². The van der Waals surface area contributed by atoms with Crippen molar-refractivity contribution in [2.45, 2.75) is 12.8 Å². The van der Waals surface area contributed by atoms with E-state index in [1.807, 2.05) is 0 Å². The Bertz CT molecular complexity index is 223. The Morgan fingerprint density at radius 2 is 1.91 bits per heavy atom. The second kappa shape index (κ2) is 3.91. The summed E-state index contributed by atoms with van der Waals surface area (Å²) in [7, 11) is 0. The molecule has 0 saturated carbocycles. The van der Waals surface area contributed by atoms with Crippen LogP contribution in [0.3, 0.4) is 0 Å². The van der Waals surface area contributed by atoms with E-state index in [0.29, 0.717) is 0 Å². The molecule has 0 amide bonds. The molecule has 0 bridgehead atoms. The summed E-state index contributed by atoms with van der Waals surface area (Å²) in [5.74, 6) is -0.184. The Morgan fingerprint density at radius 3 is 2.45 bits per heavy atom. The Hall–Kier alpha value is -1.11. The van der Waals surface area contributed by atoms with Crippen molar-refractivity contribution in [3.8, 4) is 0 Å². The summed E-state index contributed by atoms with van der Waals surface area (Å²) in [6, 6.07) is 6.51. The van der Waals surface area contributed by atoms with Gasteiger partial charge in [-0.3, -0.25) is 0 Å². The van der Waals surface area contributed by atoms with Crippen LogP contribution in [0.1, 0.15) is 12.0 Å². The molecule has 1 radical (unpaired) electrons. The van der Waals surface area contributed by atoms with Gasteiger partial charge in [-0.15, -0.1) is 0 Å². The molecule has 0 atom stereocenters. The topological polar surface area (TPSA) is 0 Å². The Morgan fingerprint density at radius 1 is 1.27 bits per heavy atom. The normalized spacial score (nSPS) is 9.55. The highest BCUT2D eigenvalue weighted by Gasteiger charge is 1.91. The molecule has 0 heterocycles. The number of aryl methyl sites for hydroxylation is 1. The molecule has 0 N–H and O–H groups in total. The third kappa shape index (κ3) is 2.54. The van der Waals surface area contributed by atoms with Crippen molar-refractivity contribution in [3.63, 3.8) is 0 Å². The fourth-order valence-corrected chi connectivity index (χ4v) is 0.884. The highest BCUT2D eigenvalue weighted by Crippen LogP contribution is 2.04. The van der Waals surface area contributed by atoms with E-state index in [0.717, 1.165) is 18.4 Å². The van der Waals surface area contributed by atoms with Gasteiger partial charge < -0.3 is 0 Å². The first kappa shape index (κ1) is 7.99. The summed E-state index contributed by atoms with van der Waals surface area (Å²) >= 11 is 0. The highest BCUT2D eigenvalue weighted by atomic mass is 19.1. The molecule has 0 fully saturated rings. The van der Waals surface area contributed by atoms with Crippen molar-refractivity contribution in [1.29, 1.82) is 0 Å². The van der Waals surface area contributed by atoms with Gasteiger partial charge in [0, 0.05) is 0 Å². The van der Waals surface area contributed by atoms with Gasteiger partial charge in [-0.05, 0) is 30.5 Å². The van der Waals surface area contributed by atoms with Crippen LogP contribution in [0.4, 0.5) is 4.39 Å². The molecule has 0 aromatic heterocycles. The predicted octanol–water partition coefficient (Wildman–Crippen LogP) is 2.75. The van der Waals surface area contributed by atoms with Crippen molar-refractivity contribution < 1.29 is 4.39 Å². The van der Waals surface area contributed by atoms with Crippen LogP contribution in [-0.4, -0.2) is 0 Å². The average molecular weight is 149 g/mol. The molecule has 0 aliphatic carbocycles. The largest absolute Gasteiger partial charge is 0.207 e. The number of benzene rings is 1. The smallest absolute Gasteiger partial charge is 0.123 e. The molecule has 0 nitrogen and oxygen atoms in total. The highest BCUT2D eigenvalue weighted by molar-refractivity contribution is 5.16. The summed E-state index contributed by atoms with van der Waals surface area (Å²) in [6.07, 6.45) is 4.50. The molecule has 1 heteroatoms. The van der Waals surface area contributed by atoms with Gasteiger partial charge in [-0.25, -0.2) is 4.39 Å². The van der Waals surface area contributed by atoms with Gasteiger partial charge >= 0.3 is 0 Å². The van der Waals surface area contributed by atoms with Crippen molar-refractivity contribution in [2.75, 3.05) is 0 Å². The zero-order chi connectivity index (χ0) is 8.10. The standard InChI is InChI=1S/C10H10F/c1-2-3-4-9-5-7-10(11)8-6-9/h5-8H,1,3-4H2. The minimum atomic E-state index is -0.184.